The molecule has 8 heteroatoms. The van der Waals surface area contributed by atoms with E-state index in [0.29, 0.717) is 37.0 Å². The van der Waals surface area contributed by atoms with Crippen molar-refractivity contribution in [3.05, 3.63) is 17.3 Å². The highest BCUT2D eigenvalue weighted by molar-refractivity contribution is 7.89. The van der Waals surface area contributed by atoms with Gasteiger partial charge in [0.15, 0.2) is 0 Å². The maximum atomic E-state index is 12.5. The first-order valence-electron chi connectivity index (χ1n) is 6.42. The predicted molar refractivity (Wildman–Crippen MR) is 77.6 cm³/mol. The van der Waals surface area contributed by atoms with Gasteiger partial charge in [0.2, 0.25) is 10.0 Å². The Morgan fingerprint density at radius 1 is 1.60 bits per heavy atom. The second-order valence-electron chi connectivity index (χ2n) is 4.57. The van der Waals surface area contributed by atoms with Crippen LogP contribution in [0.3, 0.4) is 0 Å². The van der Waals surface area contributed by atoms with Gasteiger partial charge in [-0.15, -0.1) is 0 Å². The molecule has 2 heterocycles. The topological polar surface area (TPSA) is 71.5 Å². The minimum Gasteiger partial charge on any atom is -0.380 e. The van der Waals surface area contributed by atoms with Crippen LogP contribution >= 0.6 is 11.6 Å². The molecule has 1 fully saturated rings. The number of halogens is 1. The van der Waals surface area contributed by atoms with Crippen LogP contribution in [0, 0.1) is 0 Å². The molecule has 1 saturated heterocycles. The number of sulfonamides is 1. The summed E-state index contributed by atoms with van der Waals surface area (Å²) < 4.78 is 31.5. The highest BCUT2D eigenvalue weighted by Crippen LogP contribution is 2.26. The summed E-state index contributed by atoms with van der Waals surface area (Å²) in [7, 11) is -2.04. The van der Waals surface area contributed by atoms with Crippen LogP contribution in [0.4, 0.5) is 5.82 Å². The first kappa shape index (κ1) is 15.5. The summed E-state index contributed by atoms with van der Waals surface area (Å²) >= 11 is 6.05. The lowest BCUT2D eigenvalue weighted by Crippen LogP contribution is -2.37. The van der Waals surface area contributed by atoms with Crippen LogP contribution in [0.25, 0.3) is 0 Å². The van der Waals surface area contributed by atoms with Gasteiger partial charge in [-0.2, -0.15) is 4.31 Å². The Balaban J connectivity index is 2.27. The zero-order valence-corrected chi connectivity index (χ0v) is 13.0. The van der Waals surface area contributed by atoms with Crippen LogP contribution in [0.1, 0.15) is 13.3 Å². The van der Waals surface area contributed by atoms with E-state index in [4.69, 9.17) is 16.3 Å². The summed E-state index contributed by atoms with van der Waals surface area (Å²) in [5.41, 5.74) is 0. The Labute approximate surface area is 124 Å². The predicted octanol–water partition coefficient (Wildman–Crippen LogP) is 1.58. The normalized spacial score (nSPS) is 19.5. The molecule has 0 spiro atoms. The number of likely N-dealkylation sites (N-methyl/N-ethyl adjacent to an activating group) is 1. The highest BCUT2D eigenvalue weighted by Gasteiger charge is 2.31. The number of aromatic nitrogens is 1. The summed E-state index contributed by atoms with van der Waals surface area (Å²) in [5, 5.41) is 3.26. The SMILES string of the molecule is CCNc1ncc(S(=O)(=O)N(C)C2CCOC2)cc1Cl. The van der Waals surface area contributed by atoms with Gasteiger partial charge < -0.3 is 10.1 Å². The lowest BCUT2D eigenvalue weighted by Gasteiger charge is -2.22. The Hall–Kier alpha value is -0.890. The fourth-order valence-corrected chi connectivity index (χ4v) is 3.67. The quantitative estimate of drug-likeness (QED) is 0.892. The number of ether oxygens (including phenoxy) is 1. The van der Waals surface area contributed by atoms with Crippen molar-refractivity contribution in [2.24, 2.45) is 0 Å². The Morgan fingerprint density at radius 2 is 2.35 bits per heavy atom. The average molecular weight is 320 g/mol. The first-order chi connectivity index (χ1) is 9.46. The third kappa shape index (κ3) is 3.06. The van der Waals surface area contributed by atoms with Crippen molar-refractivity contribution in [3.8, 4) is 0 Å². The first-order valence-corrected chi connectivity index (χ1v) is 8.23. The number of hydrogen-bond acceptors (Lipinski definition) is 5. The molecule has 1 atom stereocenters. The van der Waals surface area contributed by atoms with Crippen LogP contribution < -0.4 is 5.32 Å². The van der Waals surface area contributed by atoms with Crippen molar-refractivity contribution in [1.29, 1.82) is 0 Å². The van der Waals surface area contributed by atoms with Gasteiger partial charge in [-0.1, -0.05) is 11.6 Å². The summed E-state index contributed by atoms with van der Waals surface area (Å²) in [5.74, 6) is 0.486. The minimum atomic E-state index is -3.60. The second kappa shape index (κ2) is 6.26. The molecule has 0 bridgehead atoms. The van der Waals surface area contributed by atoms with Crippen LogP contribution in [0.5, 0.6) is 0 Å². The molecule has 112 valence electrons. The second-order valence-corrected chi connectivity index (χ2v) is 6.98. The van der Waals surface area contributed by atoms with Crippen molar-refractivity contribution in [2.75, 3.05) is 32.1 Å². The van der Waals surface area contributed by atoms with Gasteiger partial charge in [0.1, 0.15) is 10.7 Å². The zero-order valence-electron chi connectivity index (χ0n) is 11.5. The number of anilines is 1. The van der Waals surface area contributed by atoms with Crippen molar-refractivity contribution in [2.45, 2.75) is 24.3 Å². The van der Waals surface area contributed by atoms with E-state index in [1.807, 2.05) is 6.92 Å². The molecule has 1 unspecified atom stereocenters. The molecule has 0 saturated carbocycles. The molecule has 0 aliphatic carbocycles. The Bertz CT molecular complexity index is 573. The van der Waals surface area contributed by atoms with Crippen LogP contribution in [-0.4, -0.2) is 50.6 Å². The van der Waals surface area contributed by atoms with E-state index in [0.717, 1.165) is 0 Å². The maximum Gasteiger partial charge on any atom is 0.244 e. The number of rotatable bonds is 5. The van der Waals surface area contributed by atoms with Crippen LogP contribution in [-0.2, 0) is 14.8 Å². The number of hydrogen-bond donors (Lipinski definition) is 1. The number of nitrogens with one attached hydrogen (secondary N) is 1. The maximum absolute atomic E-state index is 12.5. The minimum absolute atomic E-state index is 0.0959. The van der Waals surface area contributed by atoms with Gasteiger partial charge in [0, 0.05) is 26.4 Å². The van der Waals surface area contributed by atoms with Crippen LogP contribution in [0.2, 0.25) is 5.02 Å². The van der Waals surface area contributed by atoms with E-state index in [1.54, 1.807) is 7.05 Å². The molecule has 6 nitrogen and oxygen atoms in total. The standard InChI is InChI=1S/C12H18ClN3O3S/c1-3-14-12-11(13)6-10(7-15-12)20(17,18)16(2)9-4-5-19-8-9/h6-7,9H,3-5,8H2,1-2H3,(H,14,15). The van der Waals surface area contributed by atoms with E-state index in [9.17, 15) is 8.42 Å². The molecule has 0 aromatic carbocycles. The molecule has 0 radical (unpaired) electrons. The summed E-state index contributed by atoms with van der Waals surface area (Å²) in [6, 6.07) is 1.29. The molecule has 1 N–H and O–H groups in total. The van der Waals surface area contributed by atoms with Gasteiger partial charge in [0.05, 0.1) is 17.7 Å². The molecule has 20 heavy (non-hydrogen) atoms. The summed E-state index contributed by atoms with van der Waals surface area (Å²) in [6.07, 6.45) is 2.03. The van der Waals surface area contributed by atoms with E-state index in [2.05, 4.69) is 10.3 Å². The third-order valence-electron chi connectivity index (χ3n) is 3.26. The fraction of sp³-hybridized carbons (Fsp3) is 0.583. The van der Waals surface area contributed by atoms with Crippen molar-refractivity contribution >= 4 is 27.4 Å². The number of nitrogens with zero attached hydrogens (tertiary/aromatic N) is 2. The van der Waals surface area contributed by atoms with E-state index in [1.165, 1.54) is 16.6 Å². The van der Waals surface area contributed by atoms with Crippen molar-refractivity contribution < 1.29 is 13.2 Å². The molecular weight excluding hydrogens is 302 g/mol. The Morgan fingerprint density at radius 3 is 2.90 bits per heavy atom. The van der Waals surface area contributed by atoms with Gasteiger partial charge in [-0.3, -0.25) is 0 Å². The van der Waals surface area contributed by atoms with Crippen molar-refractivity contribution in [3.63, 3.8) is 0 Å². The van der Waals surface area contributed by atoms with E-state index < -0.39 is 10.0 Å². The molecular formula is C12H18ClN3O3S. The lowest BCUT2D eigenvalue weighted by atomic mass is 10.3. The van der Waals surface area contributed by atoms with Gasteiger partial charge in [-0.05, 0) is 19.4 Å². The summed E-state index contributed by atoms with van der Waals surface area (Å²) in [4.78, 5) is 4.16. The average Bonchev–Trinajstić information content (AvgIpc) is 2.94. The van der Waals surface area contributed by atoms with E-state index >= 15 is 0 Å². The Kier molecular flexibility index (Phi) is 4.85. The van der Waals surface area contributed by atoms with Crippen LogP contribution in [0.15, 0.2) is 17.2 Å². The van der Waals surface area contributed by atoms with Gasteiger partial charge in [0.25, 0.3) is 0 Å². The van der Waals surface area contributed by atoms with Crippen molar-refractivity contribution in [1.82, 2.24) is 9.29 Å². The number of pyridine rings is 1. The van der Waals surface area contributed by atoms with Gasteiger partial charge >= 0.3 is 0 Å². The molecule has 1 aromatic rings. The summed E-state index contributed by atoms with van der Waals surface area (Å²) in [6.45, 7) is 3.59. The molecule has 1 aliphatic heterocycles. The smallest absolute Gasteiger partial charge is 0.244 e. The molecule has 1 aliphatic rings. The monoisotopic (exact) mass is 319 g/mol. The molecule has 2 rings (SSSR count). The fourth-order valence-electron chi connectivity index (χ4n) is 2.03. The molecule has 0 amide bonds. The van der Waals surface area contributed by atoms with Gasteiger partial charge in [-0.25, -0.2) is 13.4 Å². The third-order valence-corrected chi connectivity index (χ3v) is 5.42. The molecule has 1 aromatic heterocycles. The van der Waals surface area contributed by atoms with E-state index in [-0.39, 0.29) is 10.9 Å². The zero-order chi connectivity index (χ0) is 14.8. The largest absolute Gasteiger partial charge is 0.380 e. The highest BCUT2D eigenvalue weighted by atomic mass is 35.5. The lowest BCUT2D eigenvalue weighted by molar-refractivity contribution is 0.181.